The van der Waals surface area contributed by atoms with E-state index in [1.54, 1.807) is 13.0 Å². The second kappa shape index (κ2) is 5.55. The molecule has 0 heterocycles. The number of hydrogen-bond acceptors (Lipinski definition) is 6. The normalized spacial score (nSPS) is 48.5. The minimum atomic E-state index is -1.75. The largest absolute Gasteiger partial charge is 0.458 e. The van der Waals surface area contributed by atoms with Crippen LogP contribution in [0.3, 0.4) is 0 Å². The zero-order chi connectivity index (χ0) is 20.9. The second-order valence-corrected chi connectivity index (χ2v) is 9.94. The van der Waals surface area contributed by atoms with Crippen LogP contribution >= 0.6 is 0 Å². The fraction of sp³-hybridized carbons (Fsp3) is 0.727. The molecule has 3 N–H and O–H groups in total. The molecule has 0 aliphatic heterocycles. The highest BCUT2D eigenvalue weighted by Crippen LogP contribution is 2.76. The van der Waals surface area contributed by atoms with Crippen molar-refractivity contribution in [3.05, 3.63) is 23.3 Å². The average molecular weight is 390 g/mol. The van der Waals surface area contributed by atoms with Gasteiger partial charge in [-0.25, -0.2) is 0 Å². The molecule has 4 rings (SSSR count). The van der Waals surface area contributed by atoms with Crippen LogP contribution in [0.1, 0.15) is 47.5 Å². The number of carbonyl (C=O) groups is 2. The summed E-state index contributed by atoms with van der Waals surface area (Å²) in [4.78, 5) is 24.7. The van der Waals surface area contributed by atoms with Gasteiger partial charge in [0, 0.05) is 36.5 Å². The first-order valence-corrected chi connectivity index (χ1v) is 10.0. The van der Waals surface area contributed by atoms with Crippen molar-refractivity contribution in [2.75, 3.05) is 6.61 Å². The number of fused-ring (bicyclic) bond motifs is 5. The number of ketones is 1. The molecule has 2 fully saturated rings. The highest BCUT2D eigenvalue weighted by molar-refractivity contribution is 6.04. The highest BCUT2D eigenvalue weighted by atomic mass is 16.6. The van der Waals surface area contributed by atoms with Gasteiger partial charge in [0.2, 0.25) is 0 Å². The van der Waals surface area contributed by atoms with Crippen LogP contribution in [0.25, 0.3) is 0 Å². The SMILES string of the molecule is CC(=O)OC12CC(C)C3(O)C4C=C(C)C(=O)[C@@]4(O)CC(CO)=C[C@H]3C1C2(C)C. The Morgan fingerprint density at radius 2 is 1.93 bits per heavy atom. The first-order chi connectivity index (χ1) is 12.9. The lowest BCUT2D eigenvalue weighted by molar-refractivity contribution is -0.186. The Bertz CT molecular complexity index is 825. The van der Waals surface area contributed by atoms with Crippen molar-refractivity contribution in [3.63, 3.8) is 0 Å². The van der Waals surface area contributed by atoms with E-state index < -0.39 is 28.6 Å². The van der Waals surface area contributed by atoms with E-state index in [2.05, 4.69) is 0 Å². The number of esters is 1. The Morgan fingerprint density at radius 1 is 1.29 bits per heavy atom. The summed E-state index contributed by atoms with van der Waals surface area (Å²) in [5, 5.41) is 33.4. The van der Waals surface area contributed by atoms with Gasteiger partial charge in [0.25, 0.3) is 0 Å². The fourth-order valence-corrected chi connectivity index (χ4v) is 6.85. The van der Waals surface area contributed by atoms with E-state index in [-0.39, 0.29) is 42.0 Å². The van der Waals surface area contributed by atoms with Crippen molar-refractivity contribution < 1.29 is 29.6 Å². The summed E-state index contributed by atoms with van der Waals surface area (Å²) < 4.78 is 5.83. The number of hydrogen-bond donors (Lipinski definition) is 3. The molecule has 2 saturated carbocycles. The number of aliphatic hydroxyl groups is 3. The molecule has 154 valence electrons. The second-order valence-electron chi connectivity index (χ2n) is 9.94. The molecular weight excluding hydrogens is 360 g/mol. The molecule has 5 unspecified atom stereocenters. The van der Waals surface area contributed by atoms with Crippen molar-refractivity contribution in [1.29, 1.82) is 0 Å². The van der Waals surface area contributed by atoms with Gasteiger partial charge in [0.1, 0.15) is 11.2 Å². The van der Waals surface area contributed by atoms with Crippen molar-refractivity contribution >= 4 is 11.8 Å². The van der Waals surface area contributed by atoms with Gasteiger partial charge in [-0.3, -0.25) is 9.59 Å². The van der Waals surface area contributed by atoms with Gasteiger partial charge in [0.05, 0.1) is 12.2 Å². The minimum absolute atomic E-state index is 0.0000834. The molecule has 7 atom stereocenters. The molecule has 6 heteroatoms. The summed E-state index contributed by atoms with van der Waals surface area (Å²) in [6, 6.07) is 0. The van der Waals surface area contributed by atoms with Gasteiger partial charge >= 0.3 is 5.97 Å². The Kier molecular flexibility index (Phi) is 3.93. The molecular formula is C22H30O6. The van der Waals surface area contributed by atoms with E-state index in [0.717, 1.165) is 0 Å². The lowest BCUT2D eigenvalue weighted by Gasteiger charge is -2.50. The Hall–Kier alpha value is -1.50. The van der Waals surface area contributed by atoms with Gasteiger partial charge in [-0.2, -0.15) is 0 Å². The Labute approximate surface area is 165 Å². The highest BCUT2D eigenvalue weighted by Gasteiger charge is 2.83. The lowest BCUT2D eigenvalue weighted by atomic mass is 9.60. The van der Waals surface area contributed by atoms with Crippen molar-refractivity contribution in [3.8, 4) is 0 Å². The molecule has 4 aliphatic rings. The van der Waals surface area contributed by atoms with Crippen molar-refractivity contribution in [1.82, 2.24) is 0 Å². The maximum Gasteiger partial charge on any atom is 0.303 e. The number of ether oxygens (including phenoxy) is 1. The molecule has 4 aliphatic carbocycles. The lowest BCUT2D eigenvalue weighted by Crippen LogP contribution is -2.61. The Morgan fingerprint density at radius 3 is 2.50 bits per heavy atom. The number of Topliss-reactive ketones (excluding diaryl/α,β-unsaturated/α-hetero) is 1. The maximum atomic E-state index is 12.8. The van der Waals surface area contributed by atoms with E-state index in [9.17, 15) is 24.9 Å². The molecule has 6 nitrogen and oxygen atoms in total. The van der Waals surface area contributed by atoms with Crippen LogP contribution in [0.15, 0.2) is 23.3 Å². The third kappa shape index (κ3) is 2.09. The van der Waals surface area contributed by atoms with Crippen LogP contribution in [-0.4, -0.2) is 50.5 Å². The van der Waals surface area contributed by atoms with Crippen LogP contribution in [-0.2, 0) is 14.3 Å². The number of aliphatic hydroxyl groups excluding tert-OH is 1. The van der Waals surface area contributed by atoms with E-state index in [0.29, 0.717) is 17.6 Å². The molecule has 0 aromatic heterocycles. The zero-order valence-electron chi connectivity index (χ0n) is 17.2. The third-order valence-electron chi connectivity index (χ3n) is 8.20. The van der Waals surface area contributed by atoms with Crippen LogP contribution in [0.5, 0.6) is 0 Å². The van der Waals surface area contributed by atoms with Crippen LogP contribution in [0.2, 0.25) is 0 Å². The molecule has 28 heavy (non-hydrogen) atoms. The van der Waals surface area contributed by atoms with E-state index in [4.69, 9.17) is 4.74 Å². The monoisotopic (exact) mass is 390 g/mol. The summed E-state index contributed by atoms with van der Waals surface area (Å²) in [6.07, 6.45) is 4.00. The average Bonchev–Trinajstić information content (AvgIpc) is 2.99. The number of carbonyl (C=O) groups excluding carboxylic acids is 2. The predicted molar refractivity (Wildman–Crippen MR) is 101 cm³/mol. The topological polar surface area (TPSA) is 104 Å². The Balaban J connectivity index is 1.90. The zero-order valence-corrected chi connectivity index (χ0v) is 17.2. The van der Waals surface area contributed by atoms with Gasteiger partial charge < -0.3 is 20.1 Å². The van der Waals surface area contributed by atoms with Crippen LogP contribution in [0, 0.1) is 29.1 Å². The summed E-state index contributed by atoms with van der Waals surface area (Å²) in [5.74, 6) is -2.42. The van der Waals surface area contributed by atoms with Crippen molar-refractivity contribution in [2.45, 2.75) is 64.3 Å². The molecule has 0 radical (unpaired) electrons. The van der Waals surface area contributed by atoms with Gasteiger partial charge in [-0.05, 0) is 30.4 Å². The summed E-state index contributed by atoms with van der Waals surface area (Å²) in [7, 11) is 0. The van der Waals surface area contributed by atoms with Crippen LogP contribution in [0.4, 0.5) is 0 Å². The predicted octanol–water partition coefficient (Wildman–Crippen LogP) is 1.53. The van der Waals surface area contributed by atoms with Crippen molar-refractivity contribution in [2.24, 2.45) is 29.1 Å². The standard InChI is InChI=1S/C22H30O6/c1-11-6-16-20(26,18(11)25)9-14(10-23)7-15-17-19(4,5)21(17,28-13(3)24)8-12(2)22(15,16)27/h6-7,12,15-17,23,26-27H,8-10H2,1-5H3/t12?,15-,16?,17?,20+,21?,22?/m0/s1. The van der Waals surface area contributed by atoms with E-state index in [1.165, 1.54) is 6.92 Å². The maximum absolute atomic E-state index is 12.8. The molecule has 0 amide bonds. The smallest absolute Gasteiger partial charge is 0.303 e. The molecule has 0 bridgehead atoms. The van der Waals surface area contributed by atoms with Crippen LogP contribution < -0.4 is 0 Å². The molecule has 0 spiro atoms. The third-order valence-corrected chi connectivity index (χ3v) is 8.20. The minimum Gasteiger partial charge on any atom is -0.458 e. The first-order valence-electron chi connectivity index (χ1n) is 10.0. The molecule has 0 aromatic carbocycles. The van der Waals surface area contributed by atoms with Gasteiger partial charge in [-0.1, -0.05) is 32.9 Å². The first kappa shape index (κ1) is 19.8. The number of rotatable bonds is 2. The molecule has 0 aromatic rings. The van der Waals surface area contributed by atoms with E-state index >= 15 is 0 Å². The van der Waals surface area contributed by atoms with Gasteiger partial charge in [-0.15, -0.1) is 0 Å². The molecule has 0 saturated heterocycles. The summed E-state index contributed by atoms with van der Waals surface area (Å²) in [6.45, 7) is 8.72. The summed E-state index contributed by atoms with van der Waals surface area (Å²) in [5.41, 5.74) is -3.19. The van der Waals surface area contributed by atoms with Gasteiger partial charge in [0.15, 0.2) is 5.78 Å². The quantitative estimate of drug-likeness (QED) is 0.488. The van der Waals surface area contributed by atoms with E-state index in [1.807, 2.05) is 26.8 Å². The fourth-order valence-electron chi connectivity index (χ4n) is 6.85. The summed E-state index contributed by atoms with van der Waals surface area (Å²) >= 11 is 0.